The van der Waals surface area contributed by atoms with Crippen LogP contribution in [0.3, 0.4) is 0 Å². The lowest BCUT2D eigenvalue weighted by Crippen LogP contribution is -2.16. The average Bonchev–Trinajstić information content (AvgIpc) is 3.09. The summed E-state index contributed by atoms with van der Waals surface area (Å²) in [5.41, 5.74) is 0. The van der Waals surface area contributed by atoms with Gasteiger partial charge in [-0.15, -0.1) is 0 Å². The summed E-state index contributed by atoms with van der Waals surface area (Å²) in [6, 6.07) is 1.37. The van der Waals surface area contributed by atoms with Crippen LogP contribution >= 0.6 is 23.2 Å². The summed E-state index contributed by atoms with van der Waals surface area (Å²) in [6.07, 6.45) is 1.94. The van der Waals surface area contributed by atoms with Crippen LogP contribution < -0.4 is 10.6 Å². The molecular formula is C11H10Cl2N6O2. The third-order valence-electron chi connectivity index (χ3n) is 2.91. The van der Waals surface area contributed by atoms with E-state index in [1.807, 2.05) is 0 Å². The van der Waals surface area contributed by atoms with Crippen molar-refractivity contribution in [2.24, 2.45) is 0 Å². The molecule has 1 aliphatic rings. The molecule has 1 atom stereocenters. The van der Waals surface area contributed by atoms with Crippen LogP contribution in [0.2, 0.25) is 10.4 Å². The Kier molecular flexibility index (Phi) is 4.00. The molecule has 0 saturated carbocycles. The molecule has 3 rings (SSSR count). The van der Waals surface area contributed by atoms with Crippen LogP contribution in [-0.2, 0) is 0 Å². The maximum atomic E-state index is 12.0. The molecule has 1 unspecified atom stereocenters. The van der Waals surface area contributed by atoms with Crippen LogP contribution in [0, 0.1) is 0 Å². The molecule has 1 aliphatic heterocycles. The van der Waals surface area contributed by atoms with E-state index in [-0.39, 0.29) is 28.1 Å². The Balaban J connectivity index is 1.73. The molecule has 110 valence electrons. The van der Waals surface area contributed by atoms with E-state index in [0.29, 0.717) is 5.89 Å². The van der Waals surface area contributed by atoms with E-state index in [1.54, 1.807) is 0 Å². The summed E-state index contributed by atoms with van der Waals surface area (Å²) in [5.74, 6) is -0.0786. The van der Waals surface area contributed by atoms with Crippen molar-refractivity contribution in [1.29, 1.82) is 0 Å². The second-order valence-electron chi connectivity index (χ2n) is 4.40. The first kappa shape index (κ1) is 14.2. The van der Waals surface area contributed by atoms with Gasteiger partial charge in [-0.1, -0.05) is 16.8 Å². The fourth-order valence-corrected chi connectivity index (χ4v) is 2.40. The Morgan fingerprint density at radius 1 is 1.38 bits per heavy atom. The standard InChI is InChI=1S/C11H10Cl2N6O2/c12-6-4-7(17-11(13)15-6)16-9(20)8-18-10(21-19-8)5-2-1-3-14-5/h4-5,14H,1-3H2,(H,15,16,17,20). The number of hydrogen-bond acceptors (Lipinski definition) is 7. The third kappa shape index (κ3) is 3.29. The Morgan fingerprint density at radius 2 is 2.24 bits per heavy atom. The van der Waals surface area contributed by atoms with Gasteiger partial charge < -0.3 is 15.2 Å². The van der Waals surface area contributed by atoms with Gasteiger partial charge in [0.1, 0.15) is 11.0 Å². The van der Waals surface area contributed by atoms with Crippen molar-refractivity contribution in [3.05, 3.63) is 28.2 Å². The largest absolute Gasteiger partial charge is 0.337 e. The molecule has 1 amide bonds. The molecule has 0 aromatic carbocycles. The first-order chi connectivity index (χ1) is 10.1. The zero-order valence-electron chi connectivity index (χ0n) is 10.6. The highest BCUT2D eigenvalue weighted by Crippen LogP contribution is 2.21. The van der Waals surface area contributed by atoms with E-state index < -0.39 is 5.91 Å². The lowest BCUT2D eigenvalue weighted by molar-refractivity contribution is 0.101. The fraction of sp³-hybridized carbons (Fsp3) is 0.364. The number of carbonyl (C=O) groups excluding carboxylic acids is 1. The molecule has 2 aromatic heterocycles. The van der Waals surface area contributed by atoms with Gasteiger partial charge in [-0.25, -0.2) is 9.97 Å². The lowest BCUT2D eigenvalue weighted by atomic mass is 10.2. The molecule has 0 radical (unpaired) electrons. The van der Waals surface area contributed by atoms with Crippen LogP contribution in [0.15, 0.2) is 10.6 Å². The number of hydrogen-bond donors (Lipinski definition) is 2. The number of nitrogens with zero attached hydrogens (tertiary/aromatic N) is 4. The van der Waals surface area contributed by atoms with Crippen molar-refractivity contribution < 1.29 is 9.32 Å². The molecule has 2 aromatic rings. The minimum absolute atomic E-state index is 0.00184. The first-order valence-electron chi connectivity index (χ1n) is 6.20. The smallest absolute Gasteiger partial charge is 0.298 e. The predicted molar refractivity (Wildman–Crippen MR) is 74.3 cm³/mol. The van der Waals surface area contributed by atoms with Gasteiger partial charge in [-0.2, -0.15) is 4.98 Å². The van der Waals surface area contributed by atoms with Gasteiger partial charge in [0.15, 0.2) is 0 Å². The molecule has 0 spiro atoms. The second-order valence-corrected chi connectivity index (χ2v) is 5.13. The molecule has 8 nitrogen and oxygen atoms in total. The van der Waals surface area contributed by atoms with Crippen LogP contribution in [0.25, 0.3) is 0 Å². The van der Waals surface area contributed by atoms with Gasteiger partial charge in [0.2, 0.25) is 11.2 Å². The Morgan fingerprint density at radius 3 is 2.95 bits per heavy atom. The molecular weight excluding hydrogens is 319 g/mol. The topological polar surface area (TPSA) is 106 Å². The molecule has 0 bridgehead atoms. The molecule has 1 fully saturated rings. The van der Waals surface area contributed by atoms with E-state index in [1.165, 1.54) is 6.07 Å². The summed E-state index contributed by atoms with van der Waals surface area (Å²) in [7, 11) is 0. The van der Waals surface area contributed by atoms with Crippen molar-refractivity contribution in [1.82, 2.24) is 25.4 Å². The molecule has 1 saturated heterocycles. The van der Waals surface area contributed by atoms with Crippen LogP contribution in [-0.4, -0.2) is 32.6 Å². The summed E-state index contributed by atoms with van der Waals surface area (Å²) >= 11 is 11.4. The molecule has 3 heterocycles. The first-order valence-corrected chi connectivity index (χ1v) is 6.96. The molecule has 0 aliphatic carbocycles. The summed E-state index contributed by atoms with van der Waals surface area (Å²) in [4.78, 5) is 23.6. The summed E-state index contributed by atoms with van der Waals surface area (Å²) < 4.78 is 5.09. The Labute approximate surface area is 129 Å². The maximum absolute atomic E-state index is 12.0. The van der Waals surface area contributed by atoms with Crippen molar-refractivity contribution in [2.75, 3.05) is 11.9 Å². The minimum Gasteiger partial charge on any atom is -0.337 e. The van der Waals surface area contributed by atoms with Crippen LogP contribution in [0.5, 0.6) is 0 Å². The average molecular weight is 329 g/mol. The number of carbonyl (C=O) groups is 1. The van der Waals surface area contributed by atoms with Crippen LogP contribution in [0.1, 0.15) is 35.4 Å². The van der Waals surface area contributed by atoms with Gasteiger partial charge in [0, 0.05) is 6.07 Å². The number of halogens is 2. The van der Waals surface area contributed by atoms with Crippen molar-refractivity contribution >= 4 is 34.9 Å². The van der Waals surface area contributed by atoms with E-state index in [9.17, 15) is 4.79 Å². The van der Waals surface area contributed by atoms with Gasteiger partial charge in [-0.3, -0.25) is 4.79 Å². The van der Waals surface area contributed by atoms with E-state index in [2.05, 4.69) is 30.7 Å². The molecule has 10 heteroatoms. The Hall–Kier alpha value is -1.77. The third-order valence-corrected chi connectivity index (χ3v) is 3.28. The number of amides is 1. The number of aromatic nitrogens is 4. The summed E-state index contributed by atoms with van der Waals surface area (Å²) in [5, 5.41) is 9.39. The lowest BCUT2D eigenvalue weighted by Gasteiger charge is -2.02. The van der Waals surface area contributed by atoms with Gasteiger partial charge in [0.05, 0.1) is 6.04 Å². The highest BCUT2D eigenvalue weighted by molar-refractivity contribution is 6.32. The zero-order chi connectivity index (χ0) is 14.8. The Bertz CT molecular complexity index is 650. The number of anilines is 1. The van der Waals surface area contributed by atoms with Gasteiger partial charge >= 0.3 is 0 Å². The fourth-order valence-electron chi connectivity index (χ4n) is 1.99. The summed E-state index contributed by atoms with van der Waals surface area (Å²) in [6.45, 7) is 0.895. The van der Waals surface area contributed by atoms with E-state index in [0.717, 1.165) is 19.4 Å². The van der Waals surface area contributed by atoms with Crippen LogP contribution in [0.4, 0.5) is 5.82 Å². The monoisotopic (exact) mass is 328 g/mol. The van der Waals surface area contributed by atoms with Crippen molar-refractivity contribution in [3.8, 4) is 0 Å². The zero-order valence-corrected chi connectivity index (χ0v) is 12.1. The van der Waals surface area contributed by atoms with Gasteiger partial charge in [0.25, 0.3) is 11.7 Å². The van der Waals surface area contributed by atoms with Crippen molar-refractivity contribution in [2.45, 2.75) is 18.9 Å². The maximum Gasteiger partial charge on any atom is 0.298 e. The van der Waals surface area contributed by atoms with Gasteiger partial charge in [-0.05, 0) is 31.0 Å². The normalized spacial score (nSPS) is 17.9. The SMILES string of the molecule is O=C(Nc1cc(Cl)nc(Cl)n1)c1noc(C2CCCN2)n1. The quantitative estimate of drug-likeness (QED) is 0.654. The highest BCUT2D eigenvalue weighted by Gasteiger charge is 2.24. The minimum atomic E-state index is -0.561. The number of nitrogens with one attached hydrogen (secondary N) is 2. The van der Waals surface area contributed by atoms with E-state index in [4.69, 9.17) is 27.7 Å². The number of rotatable bonds is 3. The van der Waals surface area contributed by atoms with Crippen molar-refractivity contribution in [3.63, 3.8) is 0 Å². The second kappa shape index (κ2) is 5.92. The van der Waals surface area contributed by atoms with E-state index >= 15 is 0 Å². The highest BCUT2D eigenvalue weighted by atomic mass is 35.5. The predicted octanol–water partition coefficient (Wildman–Crippen LogP) is 1.84. The molecule has 2 N–H and O–H groups in total. The molecule has 21 heavy (non-hydrogen) atoms.